The van der Waals surface area contributed by atoms with Crippen molar-refractivity contribution >= 4 is 22.7 Å². The van der Waals surface area contributed by atoms with Crippen LogP contribution in [0.2, 0.25) is 0 Å². The third-order valence-corrected chi connectivity index (χ3v) is 4.84. The molecular formula is C14H16FNO4S. The number of carbonyl (C=O) groups excluding carboxylic acids is 1. The molecule has 1 aromatic rings. The van der Waals surface area contributed by atoms with E-state index in [0.29, 0.717) is 30.8 Å². The Balaban J connectivity index is 1.89. The minimum atomic E-state index is -1.52. The Morgan fingerprint density at radius 3 is 2.33 bits per heavy atom. The summed E-state index contributed by atoms with van der Waals surface area (Å²) in [4.78, 5) is 24.8. The maximum atomic E-state index is 12.8. The number of aliphatic carboxylic acids is 1. The SMILES string of the molecule is O=C(O)C1CCN(C(=O)CS(=O)c2ccc(F)cc2)CC1. The summed E-state index contributed by atoms with van der Waals surface area (Å²) in [6.07, 6.45) is 0.842. The Labute approximate surface area is 124 Å². The van der Waals surface area contributed by atoms with Gasteiger partial charge in [0.2, 0.25) is 5.91 Å². The zero-order valence-electron chi connectivity index (χ0n) is 11.3. The first-order chi connectivity index (χ1) is 9.97. The molecule has 1 N–H and O–H groups in total. The third kappa shape index (κ3) is 4.10. The third-order valence-electron chi connectivity index (χ3n) is 3.53. The maximum Gasteiger partial charge on any atom is 0.306 e. The number of benzene rings is 1. The molecule has 1 aromatic carbocycles. The van der Waals surface area contributed by atoms with Crippen molar-refractivity contribution in [3.63, 3.8) is 0 Å². The van der Waals surface area contributed by atoms with Gasteiger partial charge in [0.25, 0.3) is 0 Å². The molecule has 1 amide bonds. The molecule has 114 valence electrons. The summed E-state index contributed by atoms with van der Waals surface area (Å²) in [7, 11) is -1.52. The van der Waals surface area contributed by atoms with E-state index in [1.807, 2.05) is 0 Å². The van der Waals surface area contributed by atoms with E-state index in [9.17, 15) is 18.2 Å². The molecule has 21 heavy (non-hydrogen) atoms. The zero-order chi connectivity index (χ0) is 15.4. The molecule has 1 heterocycles. The molecule has 1 atom stereocenters. The van der Waals surface area contributed by atoms with E-state index in [-0.39, 0.29) is 11.7 Å². The predicted molar refractivity (Wildman–Crippen MR) is 74.6 cm³/mol. The molecule has 1 aliphatic heterocycles. The highest BCUT2D eigenvalue weighted by Crippen LogP contribution is 2.18. The van der Waals surface area contributed by atoms with Crippen LogP contribution in [0.5, 0.6) is 0 Å². The summed E-state index contributed by atoms with van der Waals surface area (Å²) in [6.45, 7) is 0.743. The van der Waals surface area contributed by atoms with E-state index >= 15 is 0 Å². The second kappa shape index (κ2) is 6.80. The molecule has 0 bridgehead atoms. The standard InChI is InChI=1S/C14H16FNO4S/c15-11-1-3-12(4-2-11)21(20)9-13(17)16-7-5-10(6-8-16)14(18)19/h1-4,10H,5-9H2,(H,18,19). The van der Waals surface area contributed by atoms with Crippen LogP contribution in [-0.2, 0) is 20.4 Å². The van der Waals surface area contributed by atoms with Gasteiger partial charge < -0.3 is 10.0 Å². The number of carboxylic acid groups (broad SMARTS) is 1. The van der Waals surface area contributed by atoms with Crippen LogP contribution in [0, 0.1) is 11.7 Å². The smallest absolute Gasteiger partial charge is 0.306 e. The molecule has 0 aromatic heterocycles. The average Bonchev–Trinajstić information content (AvgIpc) is 2.47. The van der Waals surface area contributed by atoms with E-state index in [1.54, 1.807) is 4.90 Å². The number of rotatable bonds is 4. The molecule has 2 rings (SSSR count). The molecule has 1 fully saturated rings. The van der Waals surface area contributed by atoms with E-state index in [1.165, 1.54) is 24.3 Å². The minimum Gasteiger partial charge on any atom is -0.481 e. The highest BCUT2D eigenvalue weighted by atomic mass is 32.2. The lowest BCUT2D eigenvalue weighted by Gasteiger charge is -2.30. The number of amides is 1. The first-order valence-corrected chi connectivity index (χ1v) is 7.94. The van der Waals surface area contributed by atoms with Crippen LogP contribution < -0.4 is 0 Å². The molecule has 5 nitrogen and oxygen atoms in total. The Kier molecular flexibility index (Phi) is 5.06. The summed E-state index contributed by atoms with van der Waals surface area (Å²) >= 11 is 0. The van der Waals surface area contributed by atoms with E-state index in [2.05, 4.69) is 0 Å². The highest BCUT2D eigenvalue weighted by molar-refractivity contribution is 7.85. The van der Waals surface area contributed by atoms with Gasteiger partial charge in [-0.3, -0.25) is 13.8 Å². The summed E-state index contributed by atoms with van der Waals surface area (Å²) in [5, 5.41) is 8.90. The molecule has 7 heteroatoms. The summed E-state index contributed by atoms with van der Waals surface area (Å²) < 4.78 is 24.8. The van der Waals surface area contributed by atoms with Gasteiger partial charge >= 0.3 is 5.97 Å². The lowest BCUT2D eigenvalue weighted by atomic mass is 9.97. The fourth-order valence-electron chi connectivity index (χ4n) is 2.25. The number of hydrogen-bond acceptors (Lipinski definition) is 3. The summed E-state index contributed by atoms with van der Waals surface area (Å²) in [6, 6.07) is 5.21. The number of halogens is 1. The van der Waals surface area contributed by atoms with Crippen LogP contribution in [-0.4, -0.2) is 44.9 Å². The topological polar surface area (TPSA) is 74.7 Å². The fraction of sp³-hybridized carbons (Fsp3) is 0.429. The highest BCUT2D eigenvalue weighted by Gasteiger charge is 2.27. The molecule has 1 saturated heterocycles. The number of carbonyl (C=O) groups is 2. The fourth-order valence-corrected chi connectivity index (χ4v) is 3.26. The van der Waals surface area contributed by atoms with Crippen LogP contribution in [0.3, 0.4) is 0 Å². The first-order valence-electron chi connectivity index (χ1n) is 6.62. The molecular weight excluding hydrogens is 297 g/mol. The number of nitrogens with zero attached hydrogens (tertiary/aromatic N) is 1. The Hall–Kier alpha value is -1.76. The monoisotopic (exact) mass is 313 g/mol. The van der Waals surface area contributed by atoms with Crippen molar-refractivity contribution in [3.8, 4) is 0 Å². The number of likely N-dealkylation sites (tertiary alicyclic amines) is 1. The number of carboxylic acids is 1. The summed E-state index contributed by atoms with van der Waals surface area (Å²) in [5.41, 5.74) is 0. The van der Waals surface area contributed by atoms with Gasteiger partial charge in [0.1, 0.15) is 11.6 Å². The molecule has 0 aliphatic carbocycles. The van der Waals surface area contributed by atoms with E-state index < -0.39 is 28.5 Å². The van der Waals surface area contributed by atoms with Gasteiger partial charge in [-0.25, -0.2) is 4.39 Å². The van der Waals surface area contributed by atoms with Crippen LogP contribution >= 0.6 is 0 Å². The molecule has 0 radical (unpaired) electrons. The number of hydrogen-bond donors (Lipinski definition) is 1. The lowest BCUT2D eigenvalue weighted by Crippen LogP contribution is -2.42. The van der Waals surface area contributed by atoms with Crippen LogP contribution in [0.1, 0.15) is 12.8 Å². The molecule has 1 unspecified atom stereocenters. The summed E-state index contributed by atoms with van der Waals surface area (Å²) in [5.74, 6) is -2.09. The normalized spacial score (nSPS) is 17.5. The van der Waals surface area contributed by atoms with Crippen molar-refractivity contribution in [2.75, 3.05) is 18.8 Å². The quantitative estimate of drug-likeness (QED) is 0.908. The lowest BCUT2D eigenvalue weighted by molar-refractivity contribution is -0.145. The van der Waals surface area contributed by atoms with Gasteiger partial charge in [-0.2, -0.15) is 0 Å². The molecule has 0 spiro atoms. The predicted octanol–water partition coefficient (Wildman–Crippen LogP) is 1.26. The minimum absolute atomic E-state index is 0.163. The van der Waals surface area contributed by atoms with E-state index in [4.69, 9.17) is 5.11 Å². The molecule has 1 aliphatic rings. The van der Waals surface area contributed by atoms with Crippen molar-refractivity contribution in [1.29, 1.82) is 0 Å². The molecule has 0 saturated carbocycles. The van der Waals surface area contributed by atoms with Crippen molar-refractivity contribution in [2.24, 2.45) is 5.92 Å². The Bertz CT molecular complexity index is 553. The van der Waals surface area contributed by atoms with Crippen LogP contribution in [0.25, 0.3) is 0 Å². The van der Waals surface area contributed by atoms with Crippen LogP contribution in [0.15, 0.2) is 29.2 Å². The van der Waals surface area contributed by atoms with Crippen molar-refractivity contribution < 1.29 is 23.3 Å². The second-order valence-corrected chi connectivity index (χ2v) is 6.39. The Morgan fingerprint density at radius 1 is 1.24 bits per heavy atom. The van der Waals surface area contributed by atoms with Gasteiger partial charge in [0.05, 0.1) is 16.7 Å². The van der Waals surface area contributed by atoms with E-state index in [0.717, 1.165) is 0 Å². The van der Waals surface area contributed by atoms with Crippen molar-refractivity contribution in [1.82, 2.24) is 4.90 Å². The van der Waals surface area contributed by atoms with Gasteiger partial charge in [-0.1, -0.05) is 0 Å². The zero-order valence-corrected chi connectivity index (χ0v) is 12.1. The second-order valence-electron chi connectivity index (χ2n) is 4.94. The average molecular weight is 313 g/mol. The number of piperidine rings is 1. The largest absolute Gasteiger partial charge is 0.481 e. The van der Waals surface area contributed by atoms with Crippen LogP contribution in [0.4, 0.5) is 4.39 Å². The Morgan fingerprint density at radius 2 is 1.81 bits per heavy atom. The van der Waals surface area contributed by atoms with Crippen molar-refractivity contribution in [3.05, 3.63) is 30.1 Å². The maximum absolute atomic E-state index is 12.8. The van der Waals surface area contributed by atoms with Gasteiger partial charge in [0, 0.05) is 18.0 Å². The first kappa shape index (κ1) is 15.6. The van der Waals surface area contributed by atoms with Gasteiger partial charge in [-0.05, 0) is 37.1 Å². The van der Waals surface area contributed by atoms with Gasteiger partial charge in [-0.15, -0.1) is 0 Å². The van der Waals surface area contributed by atoms with Crippen molar-refractivity contribution in [2.45, 2.75) is 17.7 Å². The van der Waals surface area contributed by atoms with Gasteiger partial charge in [0.15, 0.2) is 0 Å².